The van der Waals surface area contributed by atoms with Crippen molar-refractivity contribution >= 4 is 12.1 Å². The summed E-state index contributed by atoms with van der Waals surface area (Å²) in [6.45, 7) is 6.09. The van der Waals surface area contributed by atoms with E-state index in [4.69, 9.17) is 14.2 Å². The molecule has 0 radical (unpaired) electrons. The third-order valence-corrected chi connectivity index (χ3v) is 3.80. The molecule has 0 aromatic heterocycles. The van der Waals surface area contributed by atoms with Gasteiger partial charge in [-0.3, -0.25) is 4.79 Å². The van der Waals surface area contributed by atoms with Gasteiger partial charge in [-0.1, -0.05) is 60.7 Å². The van der Waals surface area contributed by atoms with Crippen LogP contribution in [-0.2, 0) is 32.2 Å². The van der Waals surface area contributed by atoms with Crippen molar-refractivity contribution in [3.8, 4) is 0 Å². The number of ether oxygens (including phenoxy) is 3. The minimum Gasteiger partial charge on any atom is -0.460 e. The number of amides is 1. The second kappa shape index (κ2) is 11.2. The van der Waals surface area contributed by atoms with E-state index in [0.29, 0.717) is 6.61 Å². The summed E-state index contributed by atoms with van der Waals surface area (Å²) in [5, 5.41) is 2.70. The molecular weight excluding hydrogens is 370 g/mol. The van der Waals surface area contributed by atoms with Crippen LogP contribution in [-0.4, -0.2) is 30.3 Å². The molecule has 1 N–H and O–H groups in total. The fourth-order valence-electron chi connectivity index (χ4n) is 2.56. The summed E-state index contributed by atoms with van der Waals surface area (Å²) < 4.78 is 16.3. The van der Waals surface area contributed by atoms with Crippen molar-refractivity contribution in [1.29, 1.82) is 0 Å². The molecule has 1 amide bonds. The number of carbonyl (C=O) groups excluding carboxylic acids is 2. The van der Waals surface area contributed by atoms with Crippen LogP contribution >= 0.6 is 0 Å². The standard InChI is InChI=1S/C23H29NO5/c1-23(2,3)29-21(25)14-20(17-27-15-18-10-6-4-7-11-18)24-22(26)28-16-19-12-8-5-9-13-19/h4-13,20H,14-17H2,1-3H3,(H,24,26)/t20-/m0/s1. The number of nitrogens with one attached hydrogen (secondary N) is 1. The fourth-order valence-corrected chi connectivity index (χ4v) is 2.56. The minimum absolute atomic E-state index is 0.00744. The Labute approximate surface area is 172 Å². The Balaban J connectivity index is 1.87. The Hall–Kier alpha value is -2.86. The van der Waals surface area contributed by atoms with Gasteiger partial charge in [0, 0.05) is 0 Å². The zero-order valence-electron chi connectivity index (χ0n) is 17.2. The first-order valence-electron chi connectivity index (χ1n) is 9.62. The van der Waals surface area contributed by atoms with Crippen LogP contribution in [0, 0.1) is 0 Å². The van der Waals surface area contributed by atoms with E-state index in [1.54, 1.807) is 20.8 Å². The van der Waals surface area contributed by atoms with Crippen LogP contribution in [0.25, 0.3) is 0 Å². The van der Waals surface area contributed by atoms with Gasteiger partial charge >= 0.3 is 12.1 Å². The molecule has 2 rings (SSSR count). The SMILES string of the molecule is CC(C)(C)OC(=O)C[C@@H](COCc1ccccc1)NC(=O)OCc1ccccc1. The molecule has 2 aromatic rings. The number of hydrogen-bond donors (Lipinski definition) is 1. The summed E-state index contributed by atoms with van der Waals surface area (Å²) in [5.41, 5.74) is 1.29. The van der Waals surface area contributed by atoms with Gasteiger partial charge < -0.3 is 19.5 Å². The zero-order valence-corrected chi connectivity index (χ0v) is 17.2. The Morgan fingerprint density at radius 3 is 2.00 bits per heavy atom. The van der Waals surface area contributed by atoms with E-state index < -0.39 is 23.7 Å². The third-order valence-electron chi connectivity index (χ3n) is 3.80. The number of rotatable bonds is 9. The predicted molar refractivity (Wildman–Crippen MR) is 110 cm³/mol. The molecule has 156 valence electrons. The number of carbonyl (C=O) groups is 2. The molecule has 0 heterocycles. The van der Waals surface area contributed by atoms with Gasteiger partial charge in [-0.2, -0.15) is 0 Å². The molecule has 0 aliphatic rings. The highest BCUT2D eigenvalue weighted by Crippen LogP contribution is 2.10. The first-order valence-corrected chi connectivity index (χ1v) is 9.62. The van der Waals surface area contributed by atoms with Crippen LogP contribution in [0.2, 0.25) is 0 Å². The highest BCUT2D eigenvalue weighted by molar-refractivity contribution is 5.73. The summed E-state index contributed by atoms with van der Waals surface area (Å²) in [6, 6.07) is 18.5. The third kappa shape index (κ3) is 9.76. The lowest BCUT2D eigenvalue weighted by Gasteiger charge is -2.23. The number of hydrogen-bond acceptors (Lipinski definition) is 5. The Morgan fingerprint density at radius 2 is 1.45 bits per heavy atom. The van der Waals surface area contributed by atoms with Crippen LogP contribution in [0.5, 0.6) is 0 Å². The van der Waals surface area contributed by atoms with E-state index in [1.807, 2.05) is 60.7 Å². The van der Waals surface area contributed by atoms with Gasteiger partial charge in [-0.25, -0.2) is 4.79 Å². The Bertz CT molecular complexity index is 756. The average molecular weight is 399 g/mol. The Kier molecular flexibility index (Phi) is 8.68. The van der Waals surface area contributed by atoms with Gasteiger partial charge in [0.1, 0.15) is 12.2 Å². The smallest absolute Gasteiger partial charge is 0.407 e. The molecule has 0 fully saturated rings. The minimum atomic E-state index is -0.606. The molecule has 0 unspecified atom stereocenters. The van der Waals surface area contributed by atoms with E-state index in [0.717, 1.165) is 11.1 Å². The second-order valence-corrected chi connectivity index (χ2v) is 7.69. The highest BCUT2D eigenvalue weighted by Gasteiger charge is 2.22. The monoisotopic (exact) mass is 399 g/mol. The average Bonchev–Trinajstić information content (AvgIpc) is 2.66. The summed E-state index contributed by atoms with van der Waals surface area (Å²) in [4.78, 5) is 24.4. The van der Waals surface area contributed by atoms with E-state index >= 15 is 0 Å². The molecular formula is C23H29NO5. The van der Waals surface area contributed by atoms with Gasteiger partial charge in [-0.15, -0.1) is 0 Å². The van der Waals surface area contributed by atoms with Crippen LogP contribution in [0.3, 0.4) is 0 Å². The first kappa shape index (κ1) is 22.4. The lowest BCUT2D eigenvalue weighted by Crippen LogP contribution is -2.41. The molecule has 0 spiro atoms. The summed E-state index contributed by atoms with van der Waals surface area (Å²) >= 11 is 0. The van der Waals surface area contributed by atoms with Crippen molar-refractivity contribution in [2.45, 2.75) is 52.0 Å². The normalized spacial score (nSPS) is 12.1. The number of benzene rings is 2. The van der Waals surface area contributed by atoms with Crippen molar-refractivity contribution in [3.05, 3.63) is 71.8 Å². The van der Waals surface area contributed by atoms with E-state index in [9.17, 15) is 9.59 Å². The maximum atomic E-state index is 12.2. The highest BCUT2D eigenvalue weighted by atomic mass is 16.6. The zero-order chi connectivity index (χ0) is 21.1. The van der Waals surface area contributed by atoms with Gasteiger partial charge in [0.15, 0.2) is 0 Å². The first-order chi connectivity index (χ1) is 13.8. The van der Waals surface area contributed by atoms with Gasteiger partial charge in [0.2, 0.25) is 0 Å². The topological polar surface area (TPSA) is 73.9 Å². The van der Waals surface area contributed by atoms with Crippen LogP contribution in [0.15, 0.2) is 60.7 Å². The van der Waals surface area contributed by atoms with Crippen LogP contribution in [0.1, 0.15) is 38.3 Å². The van der Waals surface area contributed by atoms with Crippen molar-refractivity contribution in [2.75, 3.05) is 6.61 Å². The van der Waals surface area contributed by atoms with Crippen molar-refractivity contribution in [3.63, 3.8) is 0 Å². The van der Waals surface area contributed by atoms with Gasteiger partial charge in [0.05, 0.1) is 25.7 Å². The van der Waals surface area contributed by atoms with E-state index in [2.05, 4.69) is 5.32 Å². The largest absolute Gasteiger partial charge is 0.460 e. The maximum Gasteiger partial charge on any atom is 0.407 e. The van der Waals surface area contributed by atoms with Gasteiger partial charge in [-0.05, 0) is 31.9 Å². The van der Waals surface area contributed by atoms with E-state index in [-0.39, 0.29) is 19.6 Å². The molecule has 0 saturated heterocycles. The van der Waals surface area contributed by atoms with Crippen LogP contribution in [0.4, 0.5) is 4.79 Å². The molecule has 0 aliphatic carbocycles. The molecule has 1 atom stereocenters. The van der Waals surface area contributed by atoms with Crippen LogP contribution < -0.4 is 5.32 Å². The van der Waals surface area contributed by atoms with Crippen molar-refractivity contribution < 1.29 is 23.8 Å². The lowest BCUT2D eigenvalue weighted by molar-refractivity contribution is -0.155. The molecule has 0 bridgehead atoms. The summed E-state index contributed by atoms with van der Waals surface area (Å²) in [7, 11) is 0. The maximum absolute atomic E-state index is 12.2. The van der Waals surface area contributed by atoms with Gasteiger partial charge in [0.25, 0.3) is 0 Å². The molecule has 2 aromatic carbocycles. The lowest BCUT2D eigenvalue weighted by atomic mass is 10.1. The summed E-state index contributed by atoms with van der Waals surface area (Å²) in [5.74, 6) is -0.408. The molecule has 6 nitrogen and oxygen atoms in total. The molecule has 6 heteroatoms. The Morgan fingerprint density at radius 1 is 0.897 bits per heavy atom. The van der Waals surface area contributed by atoms with Crippen molar-refractivity contribution in [1.82, 2.24) is 5.32 Å². The fraction of sp³-hybridized carbons (Fsp3) is 0.391. The molecule has 0 aliphatic heterocycles. The molecule has 29 heavy (non-hydrogen) atoms. The number of esters is 1. The quantitative estimate of drug-likeness (QED) is 0.639. The molecule has 0 saturated carbocycles. The predicted octanol–water partition coefficient (Wildman–Crippen LogP) is 4.23. The number of alkyl carbamates (subject to hydrolysis) is 1. The second-order valence-electron chi connectivity index (χ2n) is 7.69. The van der Waals surface area contributed by atoms with Crippen molar-refractivity contribution in [2.24, 2.45) is 0 Å². The van der Waals surface area contributed by atoms with E-state index in [1.165, 1.54) is 0 Å². The summed E-state index contributed by atoms with van der Waals surface area (Å²) in [6.07, 6.45) is -0.613.